The van der Waals surface area contributed by atoms with Gasteiger partial charge >= 0.3 is 6.03 Å². The van der Waals surface area contributed by atoms with Gasteiger partial charge in [-0.05, 0) is 55.5 Å². The fourth-order valence-corrected chi connectivity index (χ4v) is 2.81. The maximum Gasteiger partial charge on any atom is 0.326 e. The average Bonchev–Trinajstić information content (AvgIpc) is 3.12. The predicted octanol–water partition coefficient (Wildman–Crippen LogP) is 5.61. The van der Waals surface area contributed by atoms with Gasteiger partial charge in [-0.15, -0.1) is 0 Å². The molecule has 6 heteroatoms. The van der Waals surface area contributed by atoms with Crippen LogP contribution in [0.25, 0.3) is 22.6 Å². The van der Waals surface area contributed by atoms with E-state index < -0.39 is 0 Å². The fourth-order valence-electron chi connectivity index (χ4n) is 2.81. The van der Waals surface area contributed by atoms with Crippen LogP contribution in [0.1, 0.15) is 5.56 Å². The smallest absolute Gasteiger partial charge is 0.326 e. The summed E-state index contributed by atoms with van der Waals surface area (Å²) in [5.74, 6) is 0.0813. The molecule has 2 amide bonds. The molecule has 0 spiro atoms. The Morgan fingerprint density at radius 1 is 1.04 bits per heavy atom. The zero-order valence-corrected chi connectivity index (χ0v) is 15.4. The molecule has 0 bridgehead atoms. The van der Waals surface area contributed by atoms with E-state index in [1.807, 2.05) is 31.2 Å². The Balaban J connectivity index is 1.55. The van der Waals surface area contributed by atoms with Crippen LogP contribution in [-0.4, -0.2) is 18.1 Å². The third-order valence-electron chi connectivity index (χ3n) is 4.46. The average molecular weight is 375 g/mol. The van der Waals surface area contributed by atoms with Crippen molar-refractivity contribution in [1.82, 2.24) is 4.98 Å². The van der Waals surface area contributed by atoms with Gasteiger partial charge in [-0.25, -0.2) is 14.2 Å². The Labute approximate surface area is 161 Å². The molecule has 0 aliphatic heterocycles. The lowest BCUT2D eigenvalue weighted by atomic mass is 10.2. The number of benzene rings is 3. The van der Waals surface area contributed by atoms with Crippen LogP contribution in [0.4, 0.5) is 20.6 Å². The van der Waals surface area contributed by atoms with Gasteiger partial charge in [-0.3, -0.25) is 4.90 Å². The summed E-state index contributed by atoms with van der Waals surface area (Å²) in [4.78, 5) is 18.5. The highest BCUT2D eigenvalue weighted by Crippen LogP contribution is 2.26. The third kappa shape index (κ3) is 3.57. The van der Waals surface area contributed by atoms with Gasteiger partial charge in [-0.1, -0.05) is 17.7 Å². The third-order valence-corrected chi connectivity index (χ3v) is 4.46. The Morgan fingerprint density at radius 3 is 2.46 bits per heavy atom. The molecule has 3 aromatic carbocycles. The van der Waals surface area contributed by atoms with Crippen LogP contribution in [0, 0.1) is 12.7 Å². The number of halogens is 1. The number of urea groups is 1. The van der Waals surface area contributed by atoms with Crippen LogP contribution in [0.15, 0.2) is 71.1 Å². The monoisotopic (exact) mass is 375 g/mol. The first kappa shape index (κ1) is 17.7. The van der Waals surface area contributed by atoms with Crippen molar-refractivity contribution in [2.75, 3.05) is 17.3 Å². The van der Waals surface area contributed by atoms with Gasteiger partial charge in [0, 0.05) is 30.1 Å². The predicted molar refractivity (Wildman–Crippen MR) is 108 cm³/mol. The molecule has 0 unspecified atom stereocenters. The maximum absolute atomic E-state index is 13.1. The molecule has 4 rings (SSSR count). The molecule has 0 aliphatic rings. The highest BCUT2D eigenvalue weighted by atomic mass is 19.1. The quantitative estimate of drug-likeness (QED) is 0.506. The number of amides is 2. The number of aryl methyl sites for hydroxylation is 1. The molecule has 1 heterocycles. The van der Waals surface area contributed by atoms with Crippen molar-refractivity contribution >= 4 is 28.5 Å². The number of carbonyl (C=O) groups excluding carboxylic acids is 1. The lowest BCUT2D eigenvalue weighted by Crippen LogP contribution is -2.31. The van der Waals surface area contributed by atoms with Crippen molar-refractivity contribution in [1.29, 1.82) is 0 Å². The molecule has 28 heavy (non-hydrogen) atoms. The minimum absolute atomic E-state index is 0.263. The number of hydrogen-bond acceptors (Lipinski definition) is 3. The number of anilines is 2. The summed E-state index contributed by atoms with van der Waals surface area (Å²) >= 11 is 0. The number of aromatic nitrogens is 1. The zero-order chi connectivity index (χ0) is 19.7. The van der Waals surface area contributed by atoms with E-state index in [9.17, 15) is 9.18 Å². The first-order chi connectivity index (χ1) is 13.5. The van der Waals surface area contributed by atoms with Crippen LogP contribution < -0.4 is 10.2 Å². The van der Waals surface area contributed by atoms with Crippen LogP contribution in [0.3, 0.4) is 0 Å². The summed E-state index contributed by atoms with van der Waals surface area (Å²) in [5.41, 5.74) is 4.40. The molecule has 0 aliphatic carbocycles. The van der Waals surface area contributed by atoms with Crippen molar-refractivity contribution in [2.24, 2.45) is 0 Å². The summed E-state index contributed by atoms with van der Waals surface area (Å²) in [7, 11) is 1.71. The van der Waals surface area contributed by atoms with Crippen molar-refractivity contribution in [3.63, 3.8) is 0 Å². The number of hydrogen-bond donors (Lipinski definition) is 1. The normalized spacial score (nSPS) is 10.8. The number of oxazole rings is 1. The molecule has 5 nitrogen and oxygen atoms in total. The number of nitrogens with zero attached hydrogens (tertiary/aromatic N) is 2. The van der Waals surface area contributed by atoms with Crippen molar-refractivity contribution in [3.05, 3.63) is 78.1 Å². The topological polar surface area (TPSA) is 58.4 Å². The minimum atomic E-state index is -0.317. The molecular formula is C22H18FN3O2. The molecule has 0 saturated heterocycles. The van der Waals surface area contributed by atoms with Crippen molar-refractivity contribution < 1.29 is 13.6 Å². The summed E-state index contributed by atoms with van der Waals surface area (Å²) in [5, 5.41) is 2.85. The number of fused-ring (bicyclic) bond motifs is 1. The van der Waals surface area contributed by atoms with E-state index >= 15 is 0 Å². The molecule has 4 aromatic rings. The Morgan fingerprint density at radius 2 is 1.75 bits per heavy atom. The van der Waals surface area contributed by atoms with Gasteiger partial charge in [0.1, 0.15) is 11.3 Å². The van der Waals surface area contributed by atoms with E-state index in [0.717, 1.165) is 11.3 Å². The van der Waals surface area contributed by atoms with Crippen molar-refractivity contribution in [2.45, 2.75) is 6.92 Å². The molecule has 140 valence electrons. The van der Waals surface area contributed by atoms with E-state index in [1.54, 1.807) is 37.4 Å². The lowest BCUT2D eigenvalue weighted by Gasteiger charge is -2.18. The highest BCUT2D eigenvalue weighted by molar-refractivity contribution is 6.02. The molecule has 1 aromatic heterocycles. The van der Waals surface area contributed by atoms with Crippen LogP contribution in [-0.2, 0) is 0 Å². The minimum Gasteiger partial charge on any atom is -0.436 e. The maximum atomic E-state index is 13.1. The van der Waals surface area contributed by atoms with Gasteiger partial charge in [0.2, 0.25) is 5.89 Å². The fraction of sp³-hybridized carbons (Fsp3) is 0.0909. The molecule has 0 saturated carbocycles. The van der Waals surface area contributed by atoms with Crippen molar-refractivity contribution in [3.8, 4) is 11.5 Å². The Bertz CT molecular complexity index is 1130. The molecule has 0 atom stereocenters. The molecule has 0 fully saturated rings. The standard InChI is InChI=1S/C22H18FN3O2/c1-14-3-10-18(11-4-14)26(2)22(27)24-17-9-12-19-20(13-17)28-21(25-19)15-5-7-16(23)8-6-15/h3-13H,1-2H3,(H,24,27). The highest BCUT2D eigenvalue weighted by Gasteiger charge is 2.13. The molecule has 1 N–H and O–H groups in total. The van der Waals surface area contributed by atoms with E-state index in [2.05, 4.69) is 10.3 Å². The SMILES string of the molecule is Cc1ccc(N(C)C(=O)Nc2ccc3nc(-c4ccc(F)cc4)oc3c2)cc1. The second-order valence-corrected chi connectivity index (χ2v) is 6.53. The van der Waals surface area contributed by atoms with Gasteiger partial charge in [-0.2, -0.15) is 0 Å². The Kier molecular flexibility index (Phi) is 4.53. The second-order valence-electron chi connectivity index (χ2n) is 6.53. The molecule has 0 radical (unpaired) electrons. The number of nitrogens with one attached hydrogen (secondary N) is 1. The first-order valence-electron chi connectivity index (χ1n) is 8.77. The Hall–Kier alpha value is -3.67. The number of carbonyl (C=O) groups is 1. The lowest BCUT2D eigenvalue weighted by molar-refractivity contribution is 0.258. The van der Waals surface area contributed by atoms with Crippen LogP contribution in [0.2, 0.25) is 0 Å². The van der Waals surface area contributed by atoms with Gasteiger partial charge in [0.25, 0.3) is 0 Å². The summed E-state index contributed by atoms with van der Waals surface area (Å²) < 4.78 is 18.9. The first-order valence-corrected chi connectivity index (χ1v) is 8.77. The second kappa shape index (κ2) is 7.15. The summed E-state index contributed by atoms with van der Waals surface area (Å²) in [6.45, 7) is 2.00. The summed E-state index contributed by atoms with van der Waals surface area (Å²) in [6, 6.07) is 18.6. The summed E-state index contributed by atoms with van der Waals surface area (Å²) in [6.07, 6.45) is 0. The van der Waals surface area contributed by atoms with Gasteiger partial charge in [0.15, 0.2) is 5.58 Å². The van der Waals surface area contributed by atoms with E-state index in [-0.39, 0.29) is 11.8 Å². The van der Waals surface area contributed by atoms with E-state index in [0.29, 0.717) is 28.2 Å². The van der Waals surface area contributed by atoms with Crippen LogP contribution in [0.5, 0.6) is 0 Å². The largest absolute Gasteiger partial charge is 0.436 e. The van der Waals surface area contributed by atoms with Crippen LogP contribution >= 0.6 is 0 Å². The van der Waals surface area contributed by atoms with E-state index in [1.165, 1.54) is 17.0 Å². The van der Waals surface area contributed by atoms with Gasteiger partial charge in [0.05, 0.1) is 0 Å². The molecular weight excluding hydrogens is 357 g/mol. The van der Waals surface area contributed by atoms with E-state index in [4.69, 9.17) is 4.42 Å². The number of rotatable bonds is 3. The zero-order valence-electron chi connectivity index (χ0n) is 15.4. The van der Waals surface area contributed by atoms with Gasteiger partial charge < -0.3 is 9.73 Å².